The van der Waals surface area contributed by atoms with E-state index in [-0.39, 0.29) is 11.7 Å². The molecule has 0 aliphatic rings. The number of hydrogen-bond donors (Lipinski definition) is 1. The van der Waals surface area contributed by atoms with Crippen LogP contribution in [0.25, 0.3) is 0 Å². The van der Waals surface area contributed by atoms with Crippen LogP contribution in [0.2, 0.25) is 5.02 Å². The van der Waals surface area contributed by atoms with E-state index in [2.05, 4.69) is 4.98 Å². The molecule has 1 heterocycles. The Labute approximate surface area is 153 Å². The number of thioether (sulfide) groups is 1. The molecule has 2 aromatic rings. The van der Waals surface area contributed by atoms with Crippen LogP contribution < -0.4 is 11.4 Å². The largest absolute Gasteiger partial charge is 0.354 e. The molecule has 0 amide bonds. The number of aromatic nitrogens is 3. The van der Waals surface area contributed by atoms with Crippen molar-refractivity contribution in [3.05, 3.63) is 55.8 Å². The Balaban J connectivity index is 2.49. The Bertz CT molecular complexity index is 967. The topological polar surface area (TPSA) is 111 Å². The number of hydrogen-bond acceptors (Lipinski definition) is 6. The van der Waals surface area contributed by atoms with Crippen molar-refractivity contribution in [3.63, 3.8) is 0 Å². The van der Waals surface area contributed by atoms with Gasteiger partial charge in [-0.05, 0) is 23.4 Å². The van der Waals surface area contributed by atoms with Crippen molar-refractivity contribution >= 4 is 33.5 Å². The highest BCUT2D eigenvalue weighted by atomic mass is 35.5. The van der Waals surface area contributed by atoms with Crippen molar-refractivity contribution in [3.8, 4) is 0 Å². The van der Waals surface area contributed by atoms with E-state index in [4.69, 9.17) is 16.2 Å². The van der Waals surface area contributed by atoms with Crippen LogP contribution in [0, 0.1) is 0 Å². The molecular formula is C14H16ClN3O5S2. The van der Waals surface area contributed by atoms with Crippen LogP contribution in [-0.2, 0) is 23.2 Å². The average Bonchev–Trinajstić information content (AvgIpc) is 2.52. The SMILES string of the molecule is CCSc1nc(=O)n(CCS(=O)(=O)O)c(=O)n1Cc1ccc(Cl)cc1. The second-order valence-corrected chi connectivity index (χ2v) is 8.28. The van der Waals surface area contributed by atoms with Crippen molar-refractivity contribution < 1.29 is 13.0 Å². The molecule has 0 aliphatic carbocycles. The van der Waals surface area contributed by atoms with E-state index in [0.717, 1.165) is 5.56 Å². The molecule has 0 bridgehead atoms. The fraction of sp³-hybridized carbons (Fsp3) is 0.357. The summed E-state index contributed by atoms with van der Waals surface area (Å²) < 4.78 is 32.6. The normalized spacial score (nSPS) is 11.6. The molecule has 0 atom stereocenters. The van der Waals surface area contributed by atoms with Gasteiger partial charge in [-0.3, -0.25) is 9.12 Å². The Hall–Kier alpha value is -1.62. The van der Waals surface area contributed by atoms with Crippen molar-refractivity contribution in [1.82, 2.24) is 14.1 Å². The average molecular weight is 406 g/mol. The van der Waals surface area contributed by atoms with E-state index in [1.165, 1.54) is 16.3 Å². The van der Waals surface area contributed by atoms with Crippen LogP contribution in [0.1, 0.15) is 12.5 Å². The second-order valence-electron chi connectivity index (χ2n) is 5.04. The summed E-state index contributed by atoms with van der Waals surface area (Å²) in [4.78, 5) is 28.5. The van der Waals surface area contributed by atoms with Crippen LogP contribution in [0.5, 0.6) is 0 Å². The first-order valence-corrected chi connectivity index (χ1v) is 10.2. The fourth-order valence-corrected chi connectivity index (χ4v) is 3.30. The summed E-state index contributed by atoms with van der Waals surface area (Å²) in [6.07, 6.45) is 0. The second kappa shape index (κ2) is 8.17. The van der Waals surface area contributed by atoms with E-state index in [1.54, 1.807) is 24.3 Å². The molecule has 11 heteroatoms. The highest BCUT2D eigenvalue weighted by molar-refractivity contribution is 7.99. The Morgan fingerprint density at radius 3 is 2.40 bits per heavy atom. The highest BCUT2D eigenvalue weighted by Crippen LogP contribution is 2.15. The molecule has 0 spiro atoms. The van der Waals surface area contributed by atoms with Gasteiger partial charge in [0.2, 0.25) is 0 Å². The summed E-state index contributed by atoms with van der Waals surface area (Å²) in [7, 11) is -4.31. The van der Waals surface area contributed by atoms with Crippen LogP contribution in [0.3, 0.4) is 0 Å². The van der Waals surface area contributed by atoms with Crippen LogP contribution in [0.4, 0.5) is 0 Å². The minimum atomic E-state index is -4.31. The molecule has 1 N–H and O–H groups in total. The predicted molar refractivity (Wildman–Crippen MR) is 96.1 cm³/mol. The van der Waals surface area contributed by atoms with Gasteiger partial charge < -0.3 is 0 Å². The third-order valence-electron chi connectivity index (χ3n) is 3.22. The molecule has 25 heavy (non-hydrogen) atoms. The van der Waals surface area contributed by atoms with E-state index in [9.17, 15) is 18.0 Å². The van der Waals surface area contributed by atoms with Gasteiger partial charge in [0.25, 0.3) is 10.1 Å². The van der Waals surface area contributed by atoms with E-state index < -0.39 is 33.8 Å². The molecule has 1 aromatic carbocycles. The molecule has 0 aliphatic heterocycles. The van der Waals surface area contributed by atoms with Crippen LogP contribution >= 0.6 is 23.4 Å². The third-order valence-corrected chi connectivity index (χ3v) is 5.02. The van der Waals surface area contributed by atoms with E-state index >= 15 is 0 Å². The summed E-state index contributed by atoms with van der Waals surface area (Å²) in [5.41, 5.74) is -0.766. The van der Waals surface area contributed by atoms with Gasteiger partial charge in [0.1, 0.15) is 0 Å². The van der Waals surface area contributed by atoms with E-state index in [0.29, 0.717) is 15.3 Å². The maximum Gasteiger partial charge on any atom is 0.354 e. The van der Waals surface area contributed by atoms with Crippen molar-refractivity contribution in [2.24, 2.45) is 0 Å². The van der Waals surface area contributed by atoms with Gasteiger partial charge >= 0.3 is 11.4 Å². The first-order chi connectivity index (χ1) is 11.7. The third kappa shape index (κ3) is 5.43. The molecule has 136 valence electrons. The summed E-state index contributed by atoms with van der Waals surface area (Å²) in [5, 5.41) is 0.797. The molecule has 0 saturated heterocycles. The molecule has 8 nitrogen and oxygen atoms in total. The molecular weight excluding hydrogens is 390 g/mol. The van der Waals surface area contributed by atoms with Gasteiger partial charge in [0.05, 0.1) is 12.3 Å². The Kier molecular flexibility index (Phi) is 6.44. The lowest BCUT2D eigenvalue weighted by atomic mass is 10.2. The first-order valence-electron chi connectivity index (χ1n) is 7.25. The smallest absolute Gasteiger partial charge is 0.285 e. The van der Waals surface area contributed by atoms with Gasteiger partial charge in [-0.25, -0.2) is 14.2 Å². The Morgan fingerprint density at radius 1 is 1.20 bits per heavy atom. The molecule has 0 radical (unpaired) electrons. The van der Waals surface area contributed by atoms with Crippen molar-refractivity contribution in [1.29, 1.82) is 0 Å². The highest BCUT2D eigenvalue weighted by Gasteiger charge is 2.15. The fourth-order valence-electron chi connectivity index (χ4n) is 2.06. The molecule has 0 unspecified atom stereocenters. The zero-order valence-corrected chi connectivity index (χ0v) is 15.6. The Morgan fingerprint density at radius 2 is 1.84 bits per heavy atom. The molecule has 1 aromatic heterocycles. The van der Waals surface area contributed by atoms with Gasteiger partial charge in [0.15, 0.2) is 5.16 Å². The lowest BCUT2D eigenvalue weighted by molar-refractivity contribution is 0.468. The molecule has 2 rings (SSSR count). The van der Waals surface area contributed by atoms with Gasteiger partial charge in [0, 0.05) is 11.6 Å². The number of nitrogens with zero attached hydrogens (tertiary/aromatic N) is 3. The quantitative estimate of drug-likeness (QED) is 0.542. The minimum absolute atomic E-state index is 0.150. The lowest BCUT2D eigenvalue weighted by Crippen LogP contribution is -2.43. The number of rotatable bonds is 7. The zero-order valence-electron chi connectivity index (χ0n) is 13.3. The monoisotopic (exact) mass is 405 g/mol. The maximum absolute atomic E-state index is 12.6. The lowest BCUT2D eigenvalue weighted by Gasteiger charge is -2.13. The van der Waals surface area contributed by atoms with Gasteiger partial charge in [-0.2, -0.15) is 13.4 Å². The standard InChI is InChI=1S/C14H16ClN3O5S2/c1-2-24-13-16-12(19)17(7-8-25(21,22)23)14(20)18(13)9-10-3-5-11(15)6-4-10/h3-6H,2,7-9H2,1H3,(H,21,22,23). The summed E-state index contributed by atoms with van der Waals surface area (Å²) in [6, 6.07) is 6.83. The minimum Gasteiger partial charge on any atom is -0.285 e. The summed E-state index contributed by atoms with van der Waals surface area (Å²) in [6.45, 7) is 1.53. The summed E-state index contributed by atoms with van der Waals surface area (Å²) >= 11 is 7.08. The molecule has 0 fully saturated rings. The number of benzene rings is 1. The van der Waals surface area contributed by atoms with Crippen molar-refractivity contribution in [2.45, 2.75) is 25.2 Å². The first kappa shape index (κ1) is 19.7. The zero-order chi connectivity index (χ0) is 18.6. The van der Waals surface area contributed by atoms with Crippen LogP contribution in [-0.4, -0.2) is 38.6 Å². The van der Waals surface area contributed by atoms with Gasteiger partial charge in [-0.1, -0.05) is 42.4 Å². The number of halogens is 1. The van der Waals surface area contributed by atoms with E-state index in [1.807, 2.05) is 6.92 Å². The molecule has 0 saturated carbocycles. The predicted octanol–water partition coefficient (Wildman–Crippen LogP) is 1.11. The maximum atomic E-state index is 12.6. The summed E-state index contributed by atoms with van der Waals surface area (Å²) in [5.74, 6) is -0.146. The van der Waals surface area contributed by atoms with Crippen LogP contribution in [0.15, 0.2) is 39.0 Å². The van der Waals surface area contributed by atoms with Gasteiger partial charge in [-0.15, -0.1) is 0 Å². The van der Waals surface area contributed by atoms with Crippen molar-refractivity contribution in [2.75, 3.05) is 11.5 Å².